The molecule has 0 aromatic heterocycles. The van der Waals surface area contributed by atoms with Crippen LogP contribution < -0.4 is 10.6 Å². The summed E-state index contributed by atoms with van der Waals surface area (Å²) in [6, 6.07) is 2.19. The van der Waals surface area contributed by atoms with Gasteiger partial charge in [0.2, 0.25) is 5.91 Å². The Hall–Kier alpha value is -1.17. The molecule has 2 N–H and O–H groups in total. The molecule has 0 spiro atoms. The van der Waals surface area contributed by atoms with Crippen molar-refractivity contribution in [3.63, 3.8) is 0 Å². The van der Waals surface area contributed by atoms with E-state index < -0.39 is 12.0 Å². The fourth-order valence-corrected chi connectivity index (χ4v) is 2.06. The van der Waals surface area contributed by atoms with Gasteiger partial charge in [-0.3, -0.25) is 4.79 Å². The van der Waals surface area contributed by atoms with Crippen LogP contribution in [0.2, 0.25) is 15.1 Å². The molecule has 0 aliphatic heterocycles. The molecule has 0 saturated carbocycles. The van der Waals surface area contributed by atoms with Gasteiger partial charge in [-0.2, -0.15) is 0 Å². The van der Waals surface area contributed by atoms with E-state index in [0.29, 0.717) is 20.8 Å². The molecule has 0 aliphatic rings. The number of ether oxygens (including phenoxy) is 1. The highest BCUT2D eigenvalue weighted by molar-refractivity contribution is 6.44. The zero-order chi connectivity index (χ0) is 15.3. The molecule has 0 saturated heterocycles. The molecular formula is C12H13Cl3N2O3. The molecule has 0 heterocycles. The van der Waals surface area contributed by atoms with Gasteiger partial charge in [0.05, 0.1) is 27.9 Å². The van der Waals surface area contributed by atoms with Crippen LogP contribution in [0.25, 0.3) is 0 Å². The molecule has 1 rings (SSSR count). The average molecular weight is 340 g/mol. The first kappa shape index (κ1) is 16.9. The first-order chi connectivity index (χ1) is 9.35. The van der Waals surface area contributed by atoms with Gasteiger partial charge in [0, 0.05) is 13.5 Å². The van der Waals surface area contributed by atoms with E-state index in [1.807, 2.05) is 0 Å². The Morgan fingerprint density at radius 1 is 1.20 bits per heavy atom. The Morgan fingerprint density at radius 2 is 1.80 bits per heavy atom. The van der Waals surface area contributed by atoms with E-state index in [2.05, 4.69) is 15.4 Å². The first-order valence-electron chi connectivity index (χ1n) is 5.58. The summed E-state index contributed by atoms with van der Waals surface area (Å²) in [7, 11) is 1.24. The molecule has 0 aliphatic carbocycles. The lowest BCUT2D eigenvalue weighted by molar-refractivity contribution is -0.144. The minimum Gasteiger partial charge on any atom is -0.467 e. The molecule has 1 aromatic carbocycles. The number of esters is 1. The van der Waals surface area contributed by atoms with Crippen LogP contribution in [-0.2, 0) is 14.3 Å². The van der Waals surface area contributed by atoms with Crippen molar-refractivity contribution >= 4 is 52.4 Å². The van der Waals surface area contributed by atoms with Crippen LogP contribution in [0, 0.1) is 0 Å². The topological polar surface area (TPSA) is 67.4 Å². The van der Waals surface area contributed by atoms with Crippen LogP contribution in [-0.4, -0.2) is 31.6 Å². The molecule has 0 radical (unpaired) electrons. The Morgan fingerprint density at radius 3 is 2.35 bits per heavy atom. The second-order valence-electron chi connectivity index (χ2n) is 3.90. The van der Waals surface area contributed by atoms with Crippen molar-refractivity contribution in [3.05, 3.63) is 27.2 Å². The molecule has 1 atom stereocenters. The number of methoxy groups -OCH3 is 1. The third kappa shape index (κ3) is 4.74. The van der Waals surface area contributed by atoms with E-state index >= 15 is 0 Å². The largest absolute Gasteiger partial charge is 0.467 e. The van der Waals surface area contributed by atoms with Gasteiger partial charge in [0.1, 0.15) is 6.04 Å². The van der Waals surface area contributed by atoms with Gasteiger partial charge >= 0.3 is 5.97 Å². The Balaban J connectivity index is 2.79. The molecule has 0 fully saturated rings. The highest BCUT2D eigenvalue weighted by atomic mass is 35.5. The summed E-state index contributed by atoms with van der Waals surface area (Å²) in [5.41, 5.74) is 0.500. The summed E-state index contributed by atoms with van der Waals surface area (Å²) in [6.07, 6.45) is 0. The number of halogens is 3. The first-order valence-corrected chi connectivity index (χ1v) is 6.72. The lowest BCUT2D eigenvalue weighted by atomic mass is 10.2. The van der Waals surface area contributed by atoms with E-state index in [1.165, 1.54) is 26.2 Å². The Bertz CT molecular complexity index is 523. The summed E-state index contributed by atoms with van der Waals surface area (Å²) in [6.45, 7) is 1.41. The van der Waals surface area contributed by atoms with Gasteiger partial charge in [0.15, 0.2) is 0 Å². The second-order valence-corrected chi connectivity index (χ2v) is 5.12. The summed E-state index contributed by atoms with van der Waals surface area (Å²) in [4.78, 5) is 22.6. The van der Waals surface area contributed by atoms with Crippen LogP contribution in [0.1, 0.15) is 6.92 Å². The Labute approximate surface area is 131 Å². The summed E-state index contributed by atoms with van der Waals surface area (Å²) in [5, 5.41) is 6.39. The highest BCUT2D eigenvalue weighted by Crippen LogP contribution is 2.32. The van der Waals surface area contributed by atoms with E-state index in [9.17, 15) is 9.59 Å². The summed E-state index contributed by atoms with van der Waals surface area (Å²) >= 11 is 17.7. The monoisotopic (exact) mass is 338 g/mol. The SMILES string of the molecule is COC(=O)C(CNc1cc(Cl)c(Cl)cc1Cl)NC(C)=O. The maximum Gasteiger partial charge on any atom is 0.330 e. The molecule has 20 heavy (non-hydrogen) atoms. The van der Waals surface area contributed by atoms with Crippen molar-refractivity contribution in [2.24, 2.45) is 0 Å². The third-order valence-corrected chi connectivity index (χ3v) is 3.40. The minimum absolute atomic E-state index is 0.101. The van der Waals surface area contributed by atoms with Crippen LogP contribution in [0.3, 0.4) is 0 Å². The van der Waals surface area contributed by atoms with Crippen molar-refractivity contribution in [2.75, 3.05) is 19.0 Å². The standard InChI is InChI=1S/C12H13Cl3N2O3/c1-6(18)17-11(12(19)20-2)5-16-10-4-8(14)7(13)3-9(10)15/h3-4,11,16H,5H2,1-2H3,(H,17,18). The maximum atomic E-state index is 11.5. The number of rotatable bonds is 5. The smallest absolute Gasteiger partial charge is 0.330 e. The summed E-state index contributed by atoms with van der Waals surface area (Å²) in [5.74, 6) is -0.911. The van der Waals surface area contributed by atoms with Crippen LogP contribution in [0.5, 0.6) is 0 Å². The second kappa shape index (κ2) is 7.57. The summed E-state index contributed by atoms with van der Waals surface area (Å²) < 4.78 is 4.60. The van der Waals surface area contributed by atoms with Crippen molar-refractivity contribution in [1.29, 1.82) is 0 Å². The van der Waals surface area contributed by atoms with E-state index in [4.69, 9.17) is 34.8 Å². The number of carbonyl (C=O) groups is 2. The minimum atomic E-state index is -0.831. The number of carbonyl (C=O) groups excluding carboxylic acids is 2. The maximum absolute atomic E-state index is 11.5. The lowest BCUT2D eigenvalue weighted by Gasteiger charge is -2.17. The predicted octanol–water partition coefficient (Wildman–Crippen LogP) is 2.74. The van der Waals surface area contributed by atoms with E-state index in [-0.39, 0.29) is 12.5 Å². The fourth-order valence-electron chi connectivity index (χ4n) is 1.45. The number of benzene rings is 1. The van der Waals surface area contributed by atoms with Crippen LogP contribution >= 0.6 is 34.8 Å². The van der Waals surface area contributed by atoms with Gasteiger partial charge < -0.3 is 15.4 Å². The number of anilines is 1. The van der Waals surface area contributed by atoms with Crippen LogP contribution in [0.4, 0.5) is 5.69 Å². The number of amides is 1. The van der Waals surface area contributed by atoms with E-state index in [0.717, 1.165) is 0 Å². The third-order valence-electron chi connectivity index (χ3n) is 2.37. The zero-order valence-corrected chi connectivity index (χ0v) is 13.1. The number of hydrogen-bond donors (Lipinski definition) is 2. The van der Waals surface area contributed by atoms with Gasteiger partial charge in [-0.05, 0) is 12.1 Å². The molecule has 110 valence electrons. The van der Waals surface area contributed by atoms with Crippen molar-refractivity contribution in [2.45, 2.75) is 13.0 Å². The zero-order valence-electron chi connectivity index (χ0n) is 10.8. The van der Waals surface area contributed by atoms with Crippen LogP contribution in [0.15, 0.2) is 12.1 Å². The van der Waals surface area contributed by atoms with Gasteiger partial charge in [-0.25, -0.2) is 4.79 Å². The molecule has 5 nitrogen and oxygen atoms in total. The van der Waals surface area contributed by atoms with Crippen molar-refractivity contribution in [3.8, 4) is 0 Å². The predicted molar refractivity (Wildman–Crippen MR) is 79.6 cm³/mol. The molecule has 8 heteroatoms. The highest BCUT2D eigenvalue weighted by Gasteiger charge is 2.20. The van der Waals surface area contributed by atoms with Crippen molar-refractivity contribution < 1.29 is 14.3 Å². The molecule has 0 bridgehead atoms. The number of hydrogen-bond acceptors (Lipinski definition) is 4. The molecule has 1 amide bonds. The van der Waals surface area contributed by atoms with E-state index in [1.54, 1.807) is 0 Å². The Kier molecular flexibility index (Phi) is 6.39. The lowest BCUT2D eigenvalue weighted by Crippen LogP contribution is -2.45. The molecule has 1 aromatic rings. The number of nitrogens with one attached hydrogen (secondary N) is 2. The van der Waals surface area contributed by atoms with Gasteiger partial charge in [0.25, 0.3) is 0 Å². The molecule has 1 unspecified atom stereocenters. The molecular weight excluding hydrogens is 327 g/mol. The van der Waals surface area contributed by atoms with Crippen molar-refractivity contribution in [1.82, 2.24) is 5.32 Å². The van der Waals surface area contributed by atoms with Gasteiger partial charge in [-0.15, -0.1) is 0 Å². The average Bonchev–Trinajstić information content (AvgIpc) is 2.38. The normalized spacial score (nSPS) is 11.7. The quantitative estimate of drug-likeness (QED) is 0.639. The fraction of sp³-hybridized carbons (Fsp3) is 0.333. The van der Waals surface area contributed by atoms with Gasteiger partial charge in [-0.1, -0.05) is 34.8 Å².